The molecule has 1 amide bonds. The molecular weight excluding hydrogens is 364 g/mol. The number of carbonyl (C=O) groups excluding carboxylic acids is 2. The van der Waals surface area contributed by atoms with E-state index in [-0.39, 0.29) is 23.3 Å². The molecule has 0 radical (unpaired) electrons. The normalized spacial score (nSPS) is 15.1. The fourth-order valence-electron chi connectivity index (χ4n) is 3.40. The van der Waals surface area contributed by atoms with Crippen molar-refractivity contribution in [2.45, 2.75) is 26.7 Å². The van der Waals surface area contributed by atoms with Gasteiger partial charge in [-0.2, -0.15) is 0 Å². The third-order valence-electron chi connectivity index (χ3n) is 4.62. The van der Waals surface area contributed by atoms with Crippen LogP contribution in [0.4, 0.5) is 0 Å². The van der Waals surface area contributed by atoms with Crippen LogP contribution in [0.1, 0.15) is 46.7 Å². The van der Waals surface area contributed by atoms with Crippen LogP contribution >= 0.6 is 11.6 Å². The first kappa shape index (κ1) is 19.1. The standard InChI is InChI=1S/C21H21ClN2O3/c1-4-9-23-19(26)16-10-15-17(11-21(2,3)12-18(15)25)24(20(16)27)14-7-5-13(22)6-8-14/h4-8,10H,1,9,11-12H2,2-3H3,(H,23,26). The highest BCUT2D eigenvalue weighted by Gasteiger charge is 2.34. The maximum absolute atomic E-state index is 13.2. The van der Waals surface area contributed by atoms with Crippen LogP contribution in [0.25, 0.3) is 5.69 Å². The van der Waals surface area contributed by atoms with Gasteiger partial charge in [-0.3, -0.25) is 19.0 Å². The van der Waals surface area contributed by atoms with Gasteiger partial charge in [-0.25, -0.2) is 0 Å². The van der Waals surface area contributed by atoms with Crippen molar-refractivity contribution in [3.63, 3.8) is 0 Å². The Morgan fingerprint density at radius 1 is 1.26 bits per heavy atom. The highest BCUT2D eigenvalue weighted by Crippen LogP contribution is 2.35. The summed E-state index contributed by atoms with van der Waals surface area (Å²) in [7, 11) is 0. The molecule has 0 fully saturated rings. The lowest BCUT2D eigenvalue weighted by Crippen LogP contribution is -2.38. The van der Waals surface area contributed by atoms with Crippen molar-refractivity contribution in [2.24, 2.45) is 5.41 Å². The summed E-state index contributed by atoms with van der Waals surface area (Å²) < 4.78 is 1.47. The van der Waals surface area contributed by atoms with E-state index < -0.39 is 11.5 Å². The topological polar surface area (TPSA) is 68.2 Å². The molecule has 1 aromatic heterocycles. The second-order valence-electron chi connectivity index (χ2n) is 7.48. The van der Waals surface area contributed by atoms with Gasteiger partial charge in [-0.15, -0.1) is 6.58 Å². The second-order valence-corrected chi connectivity index (χ2v) is 7.91. The van der Waals surface area contributed by atoms with Crippen molar-refractivity contribution in [1.82, 2.24) is 9.88 Å². The largest absolute Gasteiger partial charge is 0.348 e. The van der Waals surface area contributed by atoms with Crippen LogP contribution in [0.5, 0.6) is 0 Å². The summed E-state index contributed by atoms with van der Waals surface area (Å²) in [4.78, 5) is 38.4. The highest BCUT2D eigenvalue weighted by atomic mass is 35.5. The number of halogens is 1. The Bertz CT molecular complexity index is 988. The van der Waals surface area contributed by atoms with E-state index >= 15 is 0 Å². The van der Waals surface area contributed by atoms with E-state index in [1.807, 2.05) is 13.8 Å². The number of amides is 1. The van der Waals surface area contributed by atoms with E-state index in [4.69, 9.17) is 11.6 Å². The number of pyridine rings is 1. The van der Waals surface area contributed by atoms with E-state index in [2.05, 4.69) is 11.9 Å². The Kier molecular flexibility index (Phi) is 5.07. The molecule has 5 nitrogen and oxygen atoms in total. The maximum atomic E-state index is 13.2. The molecule has 0 aliphatic heterocycles. The van der Waals surface area contributed by atoms with Crippen LogP contribution < -0.4 is 10.9 Å². The van der Waals surface area contributed by atoms with E-state index in [1.165, 1.54) is 16.7 Å². The number of aromatic nitrogens is 1. The number of benzene rings is 1. The third kappa shape index (κ3) is 3.74. The molecular formula is C21H21ClN2O3. The third-order valence-corrected chi connectivity index (χ3v) is 4.88. The fraction of sp³-hybridized carbons (Fsp3) is 0.286. The van der Waals surface area contributed by atoms with Crippen LogP contribution in [-0.2, 0) is 6.42 Å². The van der Waals surface area contributed by atoms with E-state index in [1.54, 1.807) is 24.3 Å². The lowest BCUT2D eigenvalue weighted by Gasteiger charge is -2.32. The van der Waals surface area contributed by atoms with Gasteiger partial charge < -0.3 is 5.32 Å². The molecule has 3 rings (SSSR count). The number of carbonyl (C=O) groups is 2. The van der Waals surface area contributed by atoms with Crippen LogP contribution in [0, 0.1) is 5.41 Å². The first-order chi connectivity index (χ1) is 12.7. The summed E-state index contributed by atoms with van der Waals surface area (Å²) in [5.41, 5.74) is 0.847. The van der Waals surface area contributed by atoms with Crippen LogP contribution in [0.3, 0.4) is 0 Å². The molecule has 2 aromatic rings. The zero-order valence-electron chi connectivity index (χ0n) is 15.3. The lowest BCUT2D eigenvalue weighted by molar-refractivity contribution is 0.0908. The molecule has 0 saturated carbocycles. The number of rotatable bonds is 4. The van der Waals surface area contributed by atoms with Gasteiger partial charge in [-0.05, 0) is 42.2 Å². The van der Waals surface area contributed by atoms with Gasteiger partial charge in [0.2, 0.25) is 0 Å². The summed E-state index contributed by atoms with van der Waals surface area (Å²) in [5, 5.41) is 3.15. The number of nitrogens with zero attached hydrogens (tertiary/aromatic N) is 1. The van der Waals surface area contributed by atoms with Crippen molar-refractivity contribution in [3.05, 3.63) is 75.2 Å². The summed E-state index contributed by atoms with van der Waals surface area (Å²) in [6.45, 7) is 7.78. The SMILES string of the molecule is C=CCNC(=O)c1cc2c(n(-c3ccc(Cl)cc3)c1=O)CC(C)(C)CC2=O. The van der Waals surface area contributed by atoms with Crippen molar-refractivity contribution < 1.29 is 9.59 Å². The first-order valence-corrected chi connectivity index (χ1v) is 9.08. The highest BCUT2D eigenvalue weighted by molar-refractivity contribution is 6.30. The number of nitrogens with one attached hydrogen (secondary N) is 1. The number of hydrogen-bond acceptors (Lipinski definition) is 3. The molecule has 0 unspecified atom stereocenters. The number of Topliss-reactive ketones (excluding diaryl/α,β-unsaturated/α-hetero) is 1. The van der Waals surface area contributed by atoms with Gasteiger partial charge in [0.15, 0.2) is 5.78 Å². The van der Waals surface area contributed by atoms with Crippen LogP contribution in [0.2, 0.25) is 5.02 Å². The zero-order valence-corrected chi connectivity index (χ0v) is 16.1. The van der Waals surface area contributed by atoms with Crippen molar-refractivity contribution in [2.75, 3.05) is 6.54 Å². The lowest BCUT2D eigenvalue weighted by atomic mass is 9.75. The second kappa shape index (κ2) is 7.16. The molecule has 1 N–H and O–H groups in total. The Morgan fingerprint density at radius 2 is 1.93 bits per heavy atom. The average Bonchev–Trinajstić information content (AvgIpc) is 2.59. The minimum absolute atomic E-state index is 0.0568. The molecule has 1 aromatic carbocycles. The number of fused-ring (bicyclic) bond motifs is 1. The smallest absolute Gasteiger partial charge is 0.268 e. The molecule has 0 bridgehead atoms. The molecule has 1 aliphatic rings. The minimum atomic E-state index is -0.525. The Morgan fingerprint density at radius 3 is 2.56 bits per heavy atom. The summed E-state index contributed by atoms with van der Waals surface area (Å²) in [6, 6.07) is 8.20. The zero-order chi connectivity index (χ0) is 19.8. The van der Waals surface area contributed by atoms with Crippen molar-refractivity contribution in [1.29, 1.82) is 0 Å². The van der Waals surface area contributed by atoms with Gasteiger partial charge in [0.25, 0.3) is 11.5 Å². The van der Waals surface area contributed by atoms with Gasteiger partial charge in [0, 0.05) is 34.9 Å². The van der Waals surface area contributed by atoms with Crippen LogP contribution in [-0.4, -0.2) is 22.8 Å². The maximum Gasteiger partial charge on any atom is 0.268 e. The van der Waals surface area contributed by atoms with Gasteiger partial charge in [-0.1, -0.05) is 31.5 Å². The Balaban J connectivity index is 2.28. The average molecular weight is 385 g/mol. The molecule has 1 aliphatic carbocycles. The minimum Gasteiger partial charge on any atom is -0.348 e. The predicted octanol–water partition coefficient (Wildman–Crippen LogP) is 3.56. The number of hydrogen-bond donors (Lipinski definition) is 1. The van der Waals surface area contributed by atoms with Gasteiger partial charge >= 0.3 is 0 Å². The Hall–Kier alpha value is -2.66. The van der Waals surface area contributed by atoms with E-state index in [9.17, 15) is 14.4 Å². The van der Waals surface area contributed by atoms with E-state index in [0.717, 1.165) is 0 Å². The summed E-state index contributed by atoms with van der Waals surface area (Å²) >= 11 is 5.97. The predicted molar refractivity (Wildman–Crippen MR) is 106 cm³/mol. The molecule has 1 heterocycles. The summed E-state index contributed by atoms with van der Waals surface area (Å²) in [5.74, 6) is -0.593. The van der Waals surface area contributed by atoms with E-state index in [0.29, 0.717) is 34.8 Å². The van der Waals surface area contributed by atoms with Gasteiger partial charge in [0.1, 0.15) is 5.56 Å². The first-order valence-electron chi connectivity index (χ1n) is 8.71. The molecule has 140 valence electrons. The summed E-state index contributed by atoms with van der Waals surface area (Å²) in [6.07, 6.45) is 2.45. The quantitative estimate of drug-likeness (QED) is 0.819. The monoisotopic (exact) mass is 384 g/mol. The van der Waals surface area contributed by atoms with Crippen LogP contribution in [0.15, 0.2) is 47.8 Å². The fourth-order valence-corrected chi connectivity index (χ4v) is 3.53. The number of ketones is 1. The van der Waals surface area contributed by atoms with Crippen molar-refractivity contribution in [3.8, 4) is 5.69 Å². The molecule has 6 heteroatoms. The molecule has 0 atom stereocenters. The molecule has 0 saturated heterocycles. The molecule has 0 spiro atoms. The van der Waals surface area contributed by atoms with Crippen molar-refractivity contribution >= 4 is 23.3 Å². The van der Waals surface area contributed by atoms with Gasteiger partial charge in [0.05, 0.1) is 0 Å². The Labute approximate surface area is 162 Å². The molecule has 27 heavy (non-hydrogen) atoms.